The van der Waals surface area contributed by atoms with Crippen molar-refractivity contribution in [2.24, 2.45) is 0 Å². The molecule has 0 bridgehead atoms. The van der Waals surface area contributed by atoms with Gasteiger partial charge in [0.05, 0.1) is 6.54 Å². The van der Waals surface area contributed by atoms with Crippen LogP contribution in [0.5, 0.6) is 5.75 Å². The van der Waals surface area contributed by atoms with Crippen LogP contribution in [0, 0.1) is 0 Å². The fourth-order valence-electron chi connectivity index (χ4n) is 1.05. The van der Waals surface area contributed by atoms with Crippen LogP contribution in [-0.4, -0.2) is 25.0 Å². The van der Waals surface area contributed by atoms with E-state index < -0.39 is 0 Å². The number of carbonyl (C=O) groups is 1. The molecule has 0 unspecified atom stereocenters. The Morgan fingerprint density at radius 2 is 1.94 bits per heavy atom. The van der Waals surface area contributed by atoms with Gasteiger partial charge in [0, 0.05) is 6.04 Å². The normalized spacial score (nSPS) is 9.69. The van der Waals surface area contributed by atoms with Crippen molar-refractivity contribution in [3.63, 3.8) is 0 Å². The second kappa shape index (κ2) is 8.13. The van der Waals surface area contributed by atoms with Crippen molar-refractivity contribution in [1.29, 1.82) is 0 Å². The lowest BCUT2D eigenvalue weighted by molar-refractivity contribution is -0.120. The zero-order chi connectivity index (χ0) is 11.1. The Hall–Kier alpha value is -1.06. The molecule has 16 heavy (non-hydrogen) atoms. The van der Waals surface area contributed by atoms with Crippen molar-refractivity contribution in [3.05, 3.63) is 30.3 Å². The van der Waals surface area contributed by atoms with Crippen molar-refractivity contribution in [2.75, 3.05) is 13.2 Å². The summed E-state index contributed by atoms with van der Waals surface area (Å²) in [6, 6.07) is 9.67. The largest absolute Gasteiger partial charge is 0.486 e. The first kappa shape index (κ1) is 14.9. The van der Waals surface area contributed by atoms with Gasteiger partial charge in [-0.1, -0.05) is 32.0 Å². The molecule has 0 aromatic heterocycles. The highest BCUT2D eigenvalue weighted by Gasteiger charge is 2.03. The number of ether oxygens (including phenoxy) is 1. The molecule has 1 N–H and O–H groups in total. The van der Waals surface area contributed by atoms with Crippen LogP contribution in [0.15, 0.2) is 30.3 Å². The topological polar surface area (TPSA) is 38.3 Å². The molecule has 0 spiro atoms. The molecule has 0 aliphatic rings. The summed E-state index contributed by atoms with van der Waals surface area (Å²) < 4.78 is 5.31. The van der Waals surface area contributed by atoms with E-state index in [9.17, 15) is 4.79 Å². The summed E-state index contributed by atoms with van der Waals surface area (Å²) in [7, 11) is 0. The Kier molecular flexibility index (Phi) is 7.60. The number of Topliss-reactive ketones (excluding diaryl/α,β-unsaturated/α-hetero) is 1. The molecule has 1 rings (SSSR count). The summed E-state index contributed by atoms with van der Waals surface area (Å²) in [6.45, 7) is 4.50. The van der Waals surface area contributed by atoms with Crippen LogP contribution in [0.2, 0.25) is 0 Å². The number of ketones is 1. The summed E-state index contributed by atoms with van der Waals surface area (Å²) in [6.07, 6.45) is 0. The number of nitrogens with one attached hydrogen (secondary N) is 1. The predicted octanol–water partition coefficient (Wildman–Crippen LogP) is 2.05. The average molecular weight is 244 g/mol. The number of benzene rings is 1. The van der Waals surface area contributed by atoms with Crippen LogP contribution >= 0.6 is 12.4 Å². The standard InChI is InChI=1S/C12H17NO2.ClH/c1-10(2)13-8-11(14)9-15-12-6-4-3-5-7-12;/h3-7,10,13H,8-9H2,1-2H3;1H. The lowest BCUT2D eigenvalue weighted by atomic mass is 10.3. The Morgan fingerprint density at radius 3 is 2.50 bits per heavy atom. The first-order valence-corrected chi connectivity index (χ1v) is 5.11. The number of rotatable bonds is 6. The smallest absolute Gasteiger partial charge is 0.183 e. The first-order chi connectivity index (χ1) is 7.18. The number of para-hydroxylation sites is 1. The van der Waals surface area contributed by atoms with E-state index in [2.05, 4.69) is 5.32 Å². The molecule has 0 heterocycles. The van der Waals surface area contributed by atoms with E-state index in [1.165, 1.54) is 0 Å². The highest BCUT2D eigenvalue weighted by Crippen LogP contribution is 2.07. The van der Waals surface area contributed by atoms with Crippen molar-refractivity contribution in [1.82, 2.24) is 5.32 Å². The molecule has 4 heteroatoms. The van der Waals surface area contributed by atoms with Gasteiger partial charge >= 0.3 is 0 Å². The summed E-state index contributed by atoms with van der Waals surface area (Å²) in [5.41, 5.74) is 0. The average Bonchev–Trinajstić information content (AvgIpc) is 2.25. The van der Waals surface area contributed by atoms with Gasteiger partial charge in [-0.05, 0) is 12.1 Å². The predicted molar refractivity (Wildman–Crippen MR) is 67.3 cm³/mol. The van der Waals surface area contributed by atoms with E-state index in [-0.39, 0.29) is 24.8 Å². The van der Waals surface area contributed by atoms with E-state index in [1.807, 2.05) is 44.2 Å². The third kappa shape index (κ3) is 6.43. The number of hydrogen-bond acceptors (Lipinski definition) is 3. The first-order valence-electron chi connectivity index (χ1n) is 5.11. The Morgan fingerprint density at radius 1 is 1.31 bits per heavy atom. The monoisotopic (exact) mass is 243 g/mol. The van der Waals surface area contributed by atoms with Crippen LogP contribution in [0.3, 0.4) is 0 Å². The molecular weight excluding hydrogens is 226 g/mol. The highest BCUT2D eigenvalue weighted by molar-refractivity contribution is 5.85. The van der Waals surface area contributed by atoms with Gasteiger partial charge in [-0.25, -0.2) is 0 Å². The highest BCUT2D eigenvalue weighted by atomic mass is 35.5. The molecular formula is C12H18ClNO2. The van der Waals surface area contributed by atoms with E-state index in [4.69, 9.17) is 4.74 Å². The maximum atomic E-state index is 11.3. The van der Waals surface area contributed by atoms with Crippen LogP contribution in [-0.2, 0) is 4.79 Å². The molecule has 1 aromatic carbocycles. The Labute approximate surface area is 103 Å². The van der Waals surface area contributed by atoms with Crippen LogP contribution in [0.4, 0.5) is 0 Å². The summed E-state index contributed by atoms with van der Waals surface area (Å²) in [5, 5.41) is 3.05. The van der Waals surface area contributed by atoms with E-state index >= 15 is 0 Å². The maximum absolute atomic E-state index is 11.3. The summed E-state index contributed by atoms with van der Waals surface area (Å²) in [4.78, 5) is 11.3. The molecule has 0 amide bonds. The minimum absolute atomic E-state index is 0. The zero-order valence-corrected chi connectivity index (χ0v) is 10.4. The molecule has 90 valence electrons. The SMILES string of the molecule is CC(C)NCC(=O)COc1ccccc1.Cl. The second-order valence-corrected chi connectivity index (χ2v) is 3.68. The Balaban J connectivity index is 0.00000225. The van der Waals surface area contributed by atoms with Gasteiger partial charge in [-0.3, -0.25) is 4.79 Å². The van der Waals surface area contributed by atoms with Gasteiger partial charge in [0.1, 0.15) is 12.4 Å². The fraction of sp³-hybridized carbons (Fsp3) is 0.417. The zero-order valence-electron chi connectivity index (χ0n) is 9.60. The van der Waals surface area contributed by atoms with E-state index in [1.54, 1.807) is 0 Å². The van der Waals surface area contributed by atoms with Gasteiger partial charge in [-0.2, -0.15) is 0 Å². The minimum atomic E-state index is 0. The van der Waals surface area contributed by atoms with Gasteiger partial charge in [0.15, 0.2) is 5.78 Å². The lowest BCUT2D eigenvalue weighted by Gasteiger charge is -2.08. The third-order valence-electron chi connectivity index (χ3n) is 1.85. The van der Waals surface area contributed by atoms with E-state index in [0.29, 0.717) is 12.6 Å². The van der Waals surface area contributed by atoms with Crippen LogP contribution < -0.4 is 10.1 Å². The second-order valence-electron chi connectivity index (χ2n) is 3.68. The van der Waals surface area contributed by atoms with Crippen molar-refractivity contribution < 1.29 is 9.53 Å². The summed E-state index contributed by atoms with van der Waals surface area (Å²) in [5.74, 6) is 0.794. The molecule has 0 fully saturated rings. The van der Waals surface area contributed by atoms with Crippen molar-refractivity contribution >= 4 is 18.2 Å². The number of carbonyl (C=O) groups excluding carboxylic acids is 1. The minimum Gasteiger partial charge on any atom is -0.486 e. The fourth-order valence-corrected chi connectivity index (χ4v) is 1.05. The maximum Gasteiger partial charge on any atom is 0.183 e. The van der Waals surface area contributed by atoms with Gasteiger partial charge in [0.2, 0.25) is 0 Å². The Bertz CT molecular complexity index is 301. The summed E-state index contributed by atoms with van der Waals surface area (Å²) >= 11 is 0. The van der Waals surface area contributed by atoms with Gasteiger partial charge in [0.25, 0.3) is 0 Å². The molecule has 0 aliphatic heterocycles. The molecule has 0 aliphatic carbocycles. The van der Waals surface area contributed by atoms with Gasteiger partial charge < -0.3 is 10.1 Å². The molecule has 0 radical (unpaired) electrons. The third-order valence-corrected chi connectivity index (χ3v) is 1.85. The molecule has 0 saturated carbocycles. The lowest BCUT2D eigenvalue weighted by Crippen LogP contribution is -2.31. The van der Waals surface area contributed by atoms with Crippen LogP contribution in [0.25, 0.3) is 0 Å². The quantitative estimate of drug-likeness (QED) is 0.831. The molecule has 0 atom stereocenters. The molecule has 3 nitrogen and oxygen atoms in total. The molecule has 1 aromatic rings. The van der Waals surface area contributed by atoms with Crippen molar-refractivity contribution in [2.45, 2.75) is 19.9 Å². The number of halogens is 1. The van der Waals surface area contributed by atoms with Crippen LogP contribution in [0.1, 0.15) is 13.8 Å². The van der Waals surface area contributed by atoms with Crippen molar-refractivity contribution in [3.8, 4) is 5.75 Å². The number of hydrogen-bond donors (Lipinski definition) is 1. The molecule has 0 saturated heterocycles. The van der Waals surface area contributed by atoms with Gasteiger partial charge in [-0.15, -0.1) is 12.4 Å². The van der Waals surface area contributed by atoms with E-state index in [0.717, 1.165) is 5.75 Å².